The van der Waals surface area contributed by atoms with Crippen LogP contribution in [0.2, 0.25) is 0 Å². The molecule has 1 atom stereocenters. The number of rotatable bonds is 0. The fraction of sp³-hybridized carbons (Fsp3) is 0.250. The fourth-order valence-electron chi connectivity index (χ4n) is 2.39. The van der Waals surface area contributed by atoms with Crippen LogP contribution in [0.15, 0.2) is 36.4 Å². The van der Waals surface area contributed by atoms with Gasteiger partial charge in [-0.2, -0.15) is 0 Å². The van der Waals surface area contributed by atoms with Crippen molar-refractivity contribution < 1.29 is 4.39 Å². The molecule has 0 spiro atoms. The highest BCUT2D eigenvalue weighted by Gasteiger charge is 2.25. The molecule has 0 fully saturated rings. The Labute approximate surface area is 107 Å². The molecule has 2 heteroatoms. The number of hydrogen-bond donors (Lipinski definition) is 1. The first-order valence-corrected chi connectivity index (χ1v) is 6.33. The summed E-state index contributed by atoms with van der Waals surface area (Å²) >= 11 is 0. The van der Waals surface area contributed by atoms with E-state index in [1.54, 1.807) is 0 Å². The average molecular weight is 243 g/mol. The van der Waals surface area contributed by atoms with Crippen molar-refractivity contribution in [1.82, 2.24) is 0 Å². The maximum atomic E-state index is 13.2. The fourth-order valence-corrected chi connectivity index (χ4v) is 2.39. The standard InChI is InChI=1S/C14H12FN.C2H6/c1-8-2-4-10-11-5-3-9(15)7-13(11)14(16)12(10)6-8;1-2/h2-7,14H,16H2,1H3;1-2H3. The Hall–Kier alpha value is -1.67. The number of aryl methyl sites for hydroxylation is 1. The first kappa shape index (κ1) is 12.8. The lowest BCUT2D eigenvalue weighted by molar-refractivity contribution is 0.624. The molecule has 0 bridgehead atoms. The maximum absolute atomic E-state index is 13.2. The third-order valence-corrected chi connectivity index (χ3v) is 3.18. The number of nitrogens with two attached hydrogens (primary N) is 1. The van der Waals surface area contributed by atoms with Gasteiger partial charge in [0.1, 0.15) is 5.82 Å². The summed E-state index contributed by atoms with van der Waals surface area (Å²) in [6.07, 6.45) is 0. The van der Waals surface area contributed by atoms with Crippen LogP contribution in [0.25, 0.3) is 11.1 Å². The molecule has 1 unspecified atom stereocenters. The SMILES string of the molecule is CC.Cc1ccc2c(c1)C(N)c1cc(F)ccc1-2. The van der Waals surface area contributed by atoms with E-state index in [1.807, 2.05) is 26.8 Å². The quantitative estimate of drug-likeness (QED) is 0.737. The molecule has 2 aromatic rings. The minimum Gasteiger partial charge on any atom is -0.320 e. The molecule has 0 radical (unpaired) electrons. The molecule has 0 heterocycles. The molecule has 1 aliphatic rings. The number of halogens is 1. The second-order valence-electron chi connectivity index (χ2n) is 4.30. The molecule has 0 saturated carbocycles. The summed E-state index contributed by atoms with van der Waals surface area (Å²) in [5.41, 5.74) is 11.5. The lowest BCUT2D eigenvalue weighted by atomic mass is 10.0. The number of fused-ring (bicyclic) bond motifs is 3. The number of benzene rings is 2. The summed E-state index contributed by atoms with van der Waals surface area (Å²) in [7, 11) is 0. The second kappa shape index (κ2) is 4.91. The minimum atomic E-state index is -0.223. The molecule has 0 aliphatic heterocycles. The lowest BCUT2D eigenvalue weighted by Crippen LogP contribution is -2.08. The summed E-state index contributed by atoms with van der Waals surface area (Å²) in [6, 6.07) is 10.8. The van der Waals surface area contributed by atoms with E-state index in [9.17, 15) is 4.39 Å². The molecular formula is C16H18FN. The number of hydrogen-bond acceptors (Lipinski definition) is 1. The normalized spacial score (nSPS) is 15.5. The Morgan fingerprint density at radius 2 is 1.50 bits per heavy atom. The van der Waals surface area contributed by atoms with Crippen LogP contribution < -0.4 is 5.73 Å². The molecule has 2 aromatic carbocycles. The Kier molecular flexibility index (Phi) is 3.48. The molecule has 3 rings (SSSR count). The third-order valence-electron chi connectivity index (χ3n) is 3.18. The topological polar surface area (TPSA) is 26.0 Å². The lowest BCUT2D eigenvalue weighted by Gasteiger charge is -2.06. The summed E-state index contributed by atoms with van der Waals surface area (Å²) in [6.45, 7) is 6.04. The molecule has 0 saturated heterocycles. The van der Waals surface area contributed by atoms with Crippen molar-refractivity contribution in [2.24, 2.45) is 5.73 Å². The van der Waals surface area contributed by atoms with Crippen molar-refractivity contribution in [3.05, 3.63) is 58.9 Å². The average Bonchev–Trinajstić information content (AvgIpc) is 2.65. The van der Waals surface area contributed by atoms with Crippen molar-refractivity contribution in [1.29, 1.82) is 0 Å². The van der Waals surface area contributed by atoms with E-state index in [0.717, 1.165) is 22.3 Å². The first-order valence-electron chi connectivity index (χ1n) is 6.33. The van der Waals surface area contributed by atoms with E-state index in [2.05, 4.69) is 18.2 Å². The zero-order valence-electron chi connectivity index (χ0n) is 11.0. The van der Waals surface area contributed by atoms with Gasteiger partial charge in [-0.3, -0.25) is 0 Å². The minimum absolute atomic E-state index is 0.194. The van der Waals surface area contributed by atoms with Crippen LogP contribution >= 0.6 is 0 Å². The Bertz CT molecular complexity index is 524. The third kappa shape index (κ3) is 1.93. The van der Waals surface area contributed by atoms with Crippen LogP contribution in [-0.4, -0.2) is 0 Å². The van der Waals surface area contributed by atoms with E-state index in [1.165, 1.54) is 17.7 Å². The second-order valence-corrected chi connectivity index (χ2v) is 4.30. The van der Waals surface area contributed by atoms with Gasteiger partial charge < -0.3 is 5.73 Å². The van der Waals surface area contributed by atoms with Gasteiger partial charge in [0.25, 0.3) is 0 Å². The van der Waals surface area contributed by atoms with E-state index in [4.69, 9.17) is 5.73 Å². The van der Waals surface area contributed by atoms with Crippen LogP contribution in [0.1, 0.15) is 36.6 Å². The molecule has 1 aliphatic carbocycles. The van der Waals surface area contributed by atoms with Gasteiger partial charge in [-0.25, -0.2) is 4.39 Å². The monoisotopic (exact) mass is 243 g/mol. The van der Waals surface area contributed by atoms with Crippen LogP contribution in [0.5, 0.6) is 0 Å². The predicted octanol–water partition coefficient (Wildman–Crippen LogP) is 4.19. The van der Waals surface area contributed by atoms with Crippen molar-refractivity contribution in [3.63, 3.8) is 0 Å². The molecule has 94 valence electrons. The van der Waals surface area contributed by atoms with E-state index in [-0.39, 0.29) is 11.9 Å². The van der Waals surface area contributed by atoms with E-state index >= 15 is 0 Å². The Balaban J connectivity index is 0.000000574. The summed E-state index contributed by atoms with van der Waals surface area (Å²) < 4.78 is 13.2. The van der Waals surface area contributed by atoms with Gasteiger partial charge in [0, 0.05) is 0 Å². The van der Waals surface area contributed by atoms with E-state index in [0.29, 0.717) is 0 Å². The van der Waals surface area contributed by atoms with Gasteiger partial charge in [-0.1, -0.05) is 43.7 Å². The van der Waals surface area contributed by atoms with Gasteiger partial charge >= 0.3 is 0 Å². The molecule has 1 nitrogen and oxygen atoms in total. The van der Waals surface area contributed by atoms with Crippen molar-refractivity contribution in [2.75, 3.05) is 0 Å². The molecular weight excluding hydrogens is 225 g/mol. The van der Waals surface area contributed by atoms with Crippen molar-refractivity contribution >= 4 is 0 Å². The molecule has 0 aromatic heterocycles. The zero-order chi connectivity index (χ0) is 13.3. The Morgan fingerprint density at radius 1 is 0.944 bits per heavy atom. The van der Waals surface area contributed by atoms with Gasteiger partial charge in [-0.05, 0) is 41.3 Å². The summed E-state index contributed by atoms with van der Waals surface area (Å²) in [4.78, 5) is 0. The zero-order valence-corrected chi connectivity index (χ0v) is 11.0. The summed E-state index contributed by atoms with van der Waals surface area (Å²) in [5, 5.41) is 0. The van der Waals surface area contributed by atoms with Crippen LogP contribution in [0.4, 0.5) is 4.39 Å². The smallest absolute Gasteiger partial charge is 0.123 e. The Morgan fingerprint density at radius 3 is 2.17 bits per heavy atom. The van der Waals surface area contributed by atoms with Gasteiger partial charge in [0.2, 0.25) is 0 Å². The maximum Gasteiger partial charge on any atom is 0.123 e. The highest BCUT2D eigenvalue weighted by molar-refractivity contribution is 5.78. The van der Waals surface area contributed by atoms with Gasteiger partial charge in [-0.15, -0.1) is 0 Å². The van der Waals surface area contributed by atoms with Crippen LogP contribution in [0, 0.1) is 12.7 Å². The van der Waals surface area contributed by atoms with Gasteiger partial charge in [0.05, 0.1) is 6.04 Å². The van der Waals surface area contributed by atoms with E-state index < -0.39 is 0 Å². The highest BCUT2D eigenvalue weighted by atomic mass is 19.1. The van der Waals surface area contributed by atoms with Crippen molar-refractivity contribution in [2.45, 2.75) is 26.8 Å². The highest BCUT2D eigenvalue weighted by Crippen LogP contribution is 2.42. The molecule has 18 heavy (non-hydrogen) atoms. The van der Waals surface area contributed by atoms with Crippen molar-refractivity contribution in [3.8, 4) is 11.1 Å². The first-order chi connectivity index (χ1) is 8.66. The largest absolute Gasteiger partial charge is 0.320 e. The van der Waals surface area contributed by atoms with Crippen LogP contribution in [-0.2, 0) is 0 Å². The van der Waals surface area contributed by atoms with Gasteiger partial charge in [0.15, 0.2) is 0 Å². The molecule has 2 N–H and O–H groups in total. The van der Waals surface area contributed by atoms with Crippen LogP contribution in [0.3, 0.4) is 0 Å². The predicted molar refractivity (Wildman–Crippen MR) is 74.0 cm³/mol. The summed E-state index contributed by atoms with van der Waals surface area (Å²) in [5.74, 6) is -0.223. The molecule has 0 amide bonds.